The third kappa shape index (κ3) is 2.43. The van der Waals surface area contributed by atoms with Gasteiger partial charge in [0.1, 0.15) is 5.84 Å². The maximum Gasteiger partial charge on any atom is 0.125 e. The highest BCUT2D eigenvalue weighted by atomic mass is 14.8. The van der Waals surface area contributed by atoms with Crippen molar-refractivity contribution in [1.29, 1.82) is 0 Å². The average Bonchev–Trinajstić information content (AvgIpc) is 2.46. The first-order valence-corrected chi connectivity index (χ1v) is 6.17. The number of aliphatic imine (C=N–C) groups is 1. The first-order chi connectivity index (χ1) is 8.76. The fourth-order valence-corrected chi connectivity index (χ4v) is 2.00. The Morgan fingerprint density at radius 1 is 1.06 bits per heavy atom. The van der Waals surface area contributed by atoms with E-state index in [-0.39, 0.29) is 0 Å². The Labute approximate surface area is 108 Å². The zero-order chi connectivity index (χ0) is 13.0. The molecule has 2 nitrogen and oxygen atoms in total. The Bertz CT molecular complexity index is 554. The quantitative estimate of drug-likeness (QED) is 0.647. The summed E-state index contributed by atoms with van der Waals surface area (Å²) in [7, 11) is 1.71. The minimum Gasteiger partial charge on any atom is -0.383 e. The van der Waals surface area contributed by atoms with Crippen LogP contribution >= 0.6 is 0 Å². The van der Waals surface area contributed by atoms with Crippen LogP contribution in [-0.2, 0) is 6.42 Å². The van der Waals surface area contributed by atoms with E-state index in [9.17, 15) is 0 Å². The first-order valence-electron chi connectivity index (χ1n) is 6.17. The van der Waals surface area contributed by atoms with E-state index in [4.69, 9.17) is 5.73 Å². The van der Waals surface area contributed by atoms with Crippen molar-refractivity contribution in [2.24, 2.45) is 10.7 Å². The van der Waals surface area contributed by atoms with Crippen molar-refractivity contribution < 1.29 is 0 Å². The van der Waals surface area contributed by atoms with Crippen LogP contribution in [0.1, 0.15) is 18.1 Å². The highest BCUT2D eigenvalue weighted by Crippen LogP contribution is 2.24. The van der Waals surface area contributed by atoms with E-state index < -0.39 is 0 Å². The van der Waals surface area contributed by atoms with Crippen LogP contribution in [0.2, 0.25) is 0 Å². The lowest BCUT2D eigenvalue weighted by molar-refractivity contribution is 1.14. The lowest BCUT2D eigenvalue weighted by atomic mass is 9.98. The van der Waals surface area contributed by atoms with E-state index in [0.717, 1.165) is 17.5 Å². The maximum absolute atomic E-state index is 5.94. The Morgan fingerprint density at radius 3 is 2.33 bits per heavy atom. The van der Waals surface area contributed by atoms with Gasteiger partial charge in [-0.25, -0.2) is 0 Å². The molecule has 0 spiro atoms. The van der Waals surface area contributed by atoms with E-state index in [1.807, 2.05) is 18.2 Å². The van der Waals surface area contributed by atoms with Gasteiger partial charge >= 0.3 is 0 Å². The van der Waals surface area contributed by atoms with Crippen LogP contribution < -0.4 is 5.73 Å². The Balaban J connectivity index is 2.49. The second-order valence-electron chi connectivity index (χ2n) is 4.20. The van der Waals surface area contributed by atoms with Gasteiger partial charge in [0.15, 0.2) is 0 Å². The topological polar surface area (TPSA) is 38.4 Å². The number of benzene rings is 2. The number of amidine groups is 1. The molecule has 0 fully saturated rings. The lowest BCUT2D eigenvalue weighted by Crippen LogP contribution is -2.14. The molecule has 0 aromatic heterocycles. The predicted octanol–water partition coefficient (Wildman–Crippen LogP) is 3.25. The summed E-state index contributed by atoms with van der Waals surface area (Å²) < 4.78 is 0. The Hall–Kier alpha value is -2.09. The van der Waals surface area contributed by atoms with E-state index in [1.54, 1.807) is 7.05 Å². The molecule has 18 heavy (non-hydrogen) atoms. The molecule has 2 aromatic rings. The molecule has 2 aromatic carbocycles. The fraction of sp³-hybridized carbons (Fsp3) is 0.188. The molecule has 2 heteroatoms. The summed E-state index contributed by atoms with van der Waals surface area (Å²) in [4.78, 5) is 4.07. The average molecular weight is 238 g/mol. The van der Waals surface area contributed by atoms with Crippen LogP contribution in [0.5, 0.6) is 0 Å². The smallest absolute Gasteiger partial charge is 0.125 e. The van der Waals surface area contributed by atoms with Crippen LogP contribution in [0.25, 0.3) is 11.1 Å². The minimum absolute atomic E-state index is 0.574. The summed E-state index contributed by atoms with van der Waals surface area (Å²) in [5, 5.41) is 0. The van der Waals surface area contributed by atoms with Gasteiger partial charge in [-0.1, -0.05) is 55.5 Å². The fourth-order valence-electron chi connectivity index (χ4n) is 2.00. The molecule has 0 saturated heterocycles. The van der Waals surface area contributed by atoms with Crippen molar-refractivity contribution in [3.8, 4) is 11.1 Å². The summed E-state index contributed by atoms with van der Waals surface area (Å²) in [5.74, 6) is 0.574. The molecule has 0 amide bonds. The van der Waals surface area contributed by atoms with E-state index in [0.29, 0.717) is 5.84 Å². The van der Waals surface area contributed by atoms with Crippen molar-refractivity contribution in [3.05, 3.63) is 59.7 Å². The molecule has 0 aliphatic heterocycles. The van der Waals surface area contributed by atoms with Gasteiger partial charge in [0.25, 0.3) is 0 Å². The second-order valence-corrected chi connectivity index (χ2v) is 4.20. The minimum atomic E-state index is 0.574. The third-order valence-electron chi connectivity index (χ3n) is 3.12. The zero-order valence-corrected chi connectivity index (χ0v) is 10.9. The number of rotatable bonds is 3. The van der Waals surface area contributed by atoms with Gasteiger partial charge in [-0.2, -0.15) is 0 Å². The van der Waals surface area contributed by atoms with E-state index in [2.05, 4.69) is 42.2 Å². The first kappa shape index (κ1) is 12.4. The molecule has 2 N–H and O–H groups in total. The number of hydrogen-bond acceptors (Lipinski definition) is 1. The summed E-state index contributed by atoms with van der Waals surface area (Å²) in [5.41, 5.74) is 10.6. The van der Waals surface area contributed by atoms with Crippen LogP contribution in [-0.4, -0.2) is 12.9 Å². The summed E-state index contributed by atoms with van der Waals surface area (Å²) in [6.07, 6.45) is 1.06. The molecule has 0 aliphatic rings. The van der Waals surface area contributed by atoms with Gasteiger partial charge < -0.3 is 5.73 Å². The predicted molar refractivity (Wildman–Crippen MR) is 77.9 cm³/mol. The molecule has 92 valence electrons. The zero-order valence-electron chi connectivity index (χ0n) is 10.9. The van der Waals surface area contributed by atoms with Gasteiger partial charge in [0.2, 0.25) is 0 Å². The maximum atomic E-state index is 5.94. The highest BCUT2D eigenvalue weighted by Gasteiger charge is 2.06. The molecule has 0 bridgehead atoms. The van der Waals surface area contributed by atoms with Gasteiger partial charge in [-0.05, 0) is 23.1 Å². The number of nitrogens with zero attached hydrogens (tertiary/aromatic N) is 1. The van der Waals surface area contributed by atoms with Crippen molar-refractivity contribution >= 4 is 5.84 Å². The lowest BCUT2D eigenvalue weighted by Gasteiger charge is -2.09. The number of nitrogens with two attached hydrogens (primary N) is 1. The Morgan fingerprint density at radius 2 is 1.72 bits per heavy atom. The molecule has 0 unspecified atom stereocenters. The molecule has 0 heterocycles. The standard InChI is InChI=1S/C16H18N2/c1-3-12-8-10-13(11-9-12)14-6-4-5-7-15(14)16(17)18-2/h4-11H,3H2,1-2H3,(H2,17,18). The van der Waals surface area contributed by atoms with Gasteiger partial charge in [0, 0.05) is 12.6 Å². The van der Waals surface area contributed by atoms with E-state index >= 15 is 0 Å². The molecule has 0 atom stereocenters. The van der Waals surface area contributed by atoms with Crippen LogP contribution in [0.4, 0.5) is 0 Å². The summed E-state index contributed by atoms with van der Waals surface area (Å²) in [6, 6.07) is 16.7. The number of hydrogen-bond donors (Lipinski definition) is 1. The van der Waals surface area contributed by atoms with Crippen LogP contribution in [0.3, 0.4) is 0 Å². The SMILES string of the molecule is CCc1ccc(-c2ccccc2C(N)=NC)cc1. The molecule has 2 rings (SSSR count). The van der Waals surface area contributed by atoms with E-state index in [1.165, 1.54) is 11.1 Å². The van der Waals surface area contributed by atoms with Crippen molar-refractivity contribution in [2.45, 2.75) is 13.3 Å². The van der Waals surface area contributed by atoms with Crippen molar-refractivity contribution in [1.82, 2.24) is 0 Å². The van der Waals surface area contributed by atoms with Crippen LogP contribution in [0.15, 0.2) is 53.5 Å². The van der Waals surface area contributed by atoms with Crippen molar-refractivity contribution in [3.63, 3.8) is 0 Å². The Kier molecular flexibility index (Phi) is 3.78. The molecule has 0 radical (unpaired) electrons. The number of aryl methyl sites for hydroxylation is 1. The molecule has 0 aliphatic carbocycles. The summed E-state index contributed by atoms with van der Waals surface area (Å²) >= 11 is 0. The van der Waals surface area contributed by atoms with Gasteiger partial charge in [-0.3, -0.25) is 4.99 Å². The summed E-state index contributed by atoms with van der Waals surface area (Å²) in [6.45, 7) is 2.16. The molecular formula is C16H18N2. The highest BCUT2D eigenvalue weighted by molar-refractivity contribution is 6.03. The third-order valence-corrected chi connectivity index (χ3v) is 3.12. The monoisotopic (exact) mass is 238 g/mol. The second kappa shape index (κ2) is 5.50. The van der Waals surface area contributed by atoms with Gasteiger partial charge in [-0.15, -0.1) is 0 Å². The molecule has 0 saturated carbocycles. The van der Waals surface area contributed by atoms with Gasteiger partial charge in [0.05, 0.1) is 0 Å². The largest absolute Gasteiger partial charge is 0.383 e. The van der Waals surface area contributed by atoms with Crippen molar-refractivity contribution in [2.75, 3.05) is 7.05 Å². The normalized spacial score (nSPS) is 11.6. The van der Waals surface area contributed by atoms with Crippen LogP contribution in [0, 0.1) is 0 Å². The molecular weight excluding hydrogens is 220 g/mol.